The Morgan fingerprint density at radius 2 is 1.59 bits per heavy atom. The Labute approximate surface area is 181 Å². The summed E-state index contributed by atoms with van der Waals surface area (Å²) < 4.78 is 44.8. The van der Waals surface area contributed by atoms with Gasteiger partial charge in [-0.3, -0.25) is 4.79 Å². The predicted octanol–water partition coefficient (Wildman–Crippen LogP) is 5.65. The summed E-state index contributed by atoms with van der Waals surface area (Å²) in [5.41, 5.74) is 1.53. The first-order valence-electron chi connectivity index (χ1n) is 9.50. The summed E-state index contributed by atoms with van der Waals surface area (Å²) in [7, 11) is 1.51. The second-order valence-corrected chi connectivity index (χ2v) is 6.77. The molecule has 0 saturated carbocycles. The molecule has 1 amide bonds. The SMILES string of the molecule is COc1ccccc1NC(=O)c1ccc(Nc2nc(C(F)(F)F)nc3ccccc23)cc1. The number of hydrogen-bond acceptors (Lipinski definition) is 5. The number of ether oxygens (including phenoxy) is 1. The Morgan fingerprint density at radius 3 is 2.31 bits per heavy atom. The van der Waals surface area contributed by atoms with E-state index in [1.165, 1.54) is 13.2 Å². The third-order valence-corrected chi connectivity index (χ3v) is 4.62. The van der Waals surface area contributed by atoms with E-state index in [1.54, 1.807) is 66.7 Å². The minimum atomic E-state index is -4.68. The zero-order chi connectivity index (χ0) is 22.7. The molecule has 1 heterocycles. The van der Waals surface area contributed by atoms with Crippen LogP contribution in [0, 0.1) is 0 Å². The van der Waals surface area contributed by atoms with E-state index in [1.807, 2.05) is 0 Å². The number of anilines is 3. The molecule has 0 spiro atoms. The van der Waals surface area contributed by atoms with E-state index < -0.39 is 12.0 Å². The minimum Gasteiger partial charge on any atom is -0.495 e. The first-order valence-corrected chi connectivity index (χ1v) is 9.50. The van der Waals surface area contributed by atoms with Crippen LogP contribution in [0.1, 0.15) is 16.2 Å². The van der Waals surface area contributed by atoms with Crippen molar-refractivity contribution in [2.75, 3.05) is 17.7 Å². The van der Waals surface area contributed by atoms with E-state index in [9.17, 15) is 18.0 Å². The topological polar surface area (TPSA) is 76.1 Å². The highest BCUT2D eigenvalue weighted by Crippen LogP contribution is 2.31. The first-order chi connectivity index (χ1) is 15.3. The summed E-state index contributed by atoms with van der Waals surface area (Å²) in [6.45, 7) is 0. The standard InChI is InChI=1S/C23H17F3N4O2/c1-32-19-9-5-4-8-18(19)28-21(31)14-10-12-15(13-11-14)27-20-16-6-2-3-7-17(16)29-22(30-20)23(24,25)26/h2-13H,1H3,(H,28,31)(H,27,29,30). The smallest absolute Gasteiger partial charge is 0.451 e. The van der Waals surface area contributed by atoms with Crippen LogP contribution in [0.2, 0.25) is 0 Å². The molecule has 1 aromatic heterocycles. The van der Waals surface area contributed by atoms with Gasteiger partial charge in [-0.1, -0.05) is 24.3 Å². The van der Waals surface area contributed by atoms with E-state index in [-0.39, 0.29) is 17.2 Å². The molecule has 3 aromatic carbocycles. The quantitative estimate of drug-likeness (QED) is 0.421. The van der Waals surface area contributed by atoms with Gasteiger partial charge in [0.15, 0.2) is 0 Å². The van der Waals surface area contributed by atoms with Gasteiger partial charge in [0.2, 0.25) is 5.82 Å². The van der Waals surface area contributed by atoms with Gasteiger partial charge < -0.3 is 15.4 Å². The number of benzene rings is 3. The molecule has 4 rings (SSSR count). The molecule has 0 aliphatic carbocycles. The van der Waals surface area contributed by atoms with Crippen LogP contribution in [0.4, 0.5) is 30.4 Å². The molecule has 9 heteroatoms. The summed E-state index contributed by atoms with van der Waals surface area (Å²) in [4.78, 5) is 19.8. The average Bonchev–Trinajstić information content (AvgIpc) is 2.79. The first kappa shape index (κ1) is 21.1. The Kier molecular flexibility index (Phi) is 5.63. The van der Waals surface area contributed by atoms with Gasteiger partial charge in [-0.25, -0.2) is 9.97 Å². The lowest BCUT2D eigenvalue weighted by molar-refractivity contribution is -0.144. The third-order valence-electron chi connectivity index (χ3n) is 4.62. The van der Waals surface area contributed by atoms with Crippen LogP contribution < -0.4 is 15.4 Å². The van der Waals surface area contributed by atoms with Gasteiger partial charge in [-0.05, 0) is 48.5 Å². The summed E-state index contributed by atoms with van der Waals surface area (Å²) in [5.74, 6) is -1.04. The molecule has 0 saturated heterocycles. The lowest BCUT2D eigenvalue weighted by Gasteiger charge is -2.13. The molecular weight excluding hydrogens is 421 g/mol. The average molecular weight is 438 g/mol. The summed E-state index contributed by atoms with van der Waals surface area (Å²) in [6, 6.07) is 19.7. The maximum Gasteiger partial charge on any atom is 0.451 e. The number of methoxy groups -OCH3 is 1. The van der Waals surface area contributed by atoms with Crippen LogP contribution in [0.3, 0.4) is 0 Å². The number of alkyl halides is 3. The van der Waals surface area contributed by atoms with E-state index in [2.05, 4.69) is 20.6 Å². The molecule has 0 aliphatic rings. The highest BCUT2D eigenvalue weighted by atomic mass is 19.4. The van der Waals surface area contributed by atoms with Crippen molar-refractivity contribution in [3.8, 4) is 5.75 Å². The van der Waals surface area contributed by atoms with Crippen molar-refractivity contribution in [3.63, 3.8) is 0 Å². The van der Waals surface area contributed by atoms with Crippen LogP contribution >= 0.6 is 0 Å². The molecule has 0 bridgehead atoms. The van der Waals surface area contributed by atoms with E-state index >= 15 is 0 Å². The molecular formula is C23H17F3N4O2. The molecule has 0 aliphatic heterocycles. The summed E-state index contributed by atoms with van der Waals surface area (Å²) in [5, 5.41) is 6.10. The molecule has 0 unspecified atom stereocenters. The Bertz CT molecular complexity index is 1270. The number of nitrogens with one attached hydrogen (secondary N) is 2. The lowest BCUT2D eigenvalue weighted by atomic mass is 10.1. The van der Waals surface area contributed by atoms with Crippen molar-refractivity contribution in [1.82, 2.24) is 9.97 Å². The van der Waals surface area contributed by atoms with Gasteiger partial charge in [0.25, 0.3) is 5.91 Å². The minimum absolute atomic E-state index is 0.0224. The maximum atomic E-state index is 13.2. The number of hydrogen-bond donors (Lipinski definition) is 2. The van der Waals surface area contributed by atoms with Gasteiger partial charge in [0.1, 0.15) is 11.6 Å². The molecule has 162 valence electrons. The van der Waals surface area contributed by atoms with E-state index in [0.717, 1.165) is 0 Å². The van der Waals surface area contributed by atoms with Crippen molar-refractivity contribution in [2.45, 2.75) is 6.18 Å². The number of carbonyl (C=O) groups is 1. The Balaban J connectivity index is 1.58. The molecule has 4 aromatic rings. The molecule has 0 fully saturated rings. The van der Waals surface area contributed by atoms with Gasteiger partial charge in [-0.15, -0.1) is 0 Å². The van der Waals surface area contributed by atoms with Crippen molar-refractivity contribution < 1.29 is 22.7 Å². The predicted molar refractivity (Wildman–Crippen MR) is 115 cm³/mol. The normalized spacial score (nSPS) is 11.2. The monoisotopic (exact) mass is 438 g/mol. The zero-order valence-electron chi connectivity index (χ0n) is 16.8. The highest BCUT2D eigenvalue weighted by molar-refractivity contribution is 6.05. The number of rotatable bonds is 5. The molecule has 2 N–H and O–H groups in total. The van der Waals surface area contributed by atoms with Crippen LogP contribution in [-0.4, -0.2) is 23.0 Å². The van der Waals surface area contributed by atoms with Gasteiger partial charge >= 0.3 is 6.18 Å². The molecule has 6 nitrogen and oxygen atoms in total. The number of nitrogens with zero attached hydrogens (tertiary/aromatic N) is 2. The molecule has 0 atom stereocenters. The third kappa shape index (κ3) is 4.46. The van der Waals surface area contributed by atoms with Crippen LogP contribution in [0.25, 0.3) is 10.9 Å². The summed E-state index contributed by atoms with van der Waals surface area (Å²) in [6.07, 6.45) is -4.68. The Hall–Kier alpha value is -4.14. The molecule has 32 heavy (non-hydrogen) atoms. The number of amides is 1. The Morgan fingerprint density at radius 1 is 0.906 bits per heavy atom. The summed E-state index contributed by atoms with van der Waals surface area (Å²) >= 11 is 0. The number of halogens is 3. The second-order valence-electron chi connectivity index (χ2n) is 6.77. The van der Waals surface area contributed by atoms with E-state index in [0.29, 0.717) is 28.1 Å². The number of aromatic nitrogens is 2. The van der Waals surface area contributed by atoms with Gasteiger partial charge in [0.05, 0.1) is 18.3 Å². The highest BCUT2D eigenvalue weighted by Gasteiger charge is 2.35. The largest absolute Gasteiger partial charge is 0.495 e. The second kappa shape index (κ2) is 8.54. The van der Waals surface area contributed by atoms with Crippen molar-refractivity contribution in [3.05, 3.63) is 84.2 Å². The van der Waals surface area contributed by atoms with Crippen molar-refractivity contribution >= 4 is 34.0 Å². The molecule has 0 radical (unpaired) electrons. The van der Waals surface area contributed by atoms with Crippen LogP contribution in [0.15, 0.2) is 72.8 Å². The van der Waals surface area contributed by atoms with Crippen molar-refractivity contribution in [1.29, 1.82) is 0 Å². The van der Waals surface area contributed by atoms with Gasteiger partial charge in [-0.2, -0.15) is 13.2 Å². The fourth-order valence-electron chi connectivity index (χ4n) is 3.08. The van der Waals surface area contributed by atoms with Crippen LogP contribution in [0.5, 0.6) is 5.75 Å². The number of para-hydroxylation sites is 3. The van der Waals surface area contributed by atoms with Gasteiger partial charge in [0, 0.05) is 16.6 Å². The maximum absolute atomic E-state index is 13.2. The van der Waals surface area contributed by atoms with Crippen molar-refractivity contribution in [2.24, 2.45) is 0 Å². The zero-order valence-corrected chi connectivity index (χ0v) is 16.8. The number of fused-ring (bicyclic) bond motifs is 1. The van der Waals surface area contributed by atoms with E-state index in [4.69, 9.17) is 4.74 Å². The number of carbonyl (C=O) groups excluding carboxylic acids is 1. The van der Waals surface area contributed by atoms with Crippen LogP contribution in [-0.2, 0) is 6.18 Å². The lowest BCUT2D eigenvalue weighted by Crippen LogP contribution is -2.13. The fraction of sp³-hybridized carbons (Fsp3) is 0.0870. The fourth-order valence-corrected chi connectivity index (χ4v) is 3.08.